The number of carbonyl (C=O) groups excluding carboxylic acids is 2. The van der Waals surface area contributed by atoms with Crippen molar-refractivity contribution >= 4 is 28.4 Å². The predicted molar refractivity (Wildman–Crippen MR) is 106 cm³/mol. The molecule has 28 heavy (non-hydrogen) atoms. The van der Waals surface area contributed by atoms with E-state index in [9.17, 15) is 14.9 Å². The highest BCUT2D eigenvalue weighted by Crippen LogP contribution is 2.31. The number of nitrogens with zero attached hydrogens (tertiary/aromatic N) is 3. The number of benzene rings is 1. The number of aromatic nitrogens is 1. The molecule has 2 heterocycles. The number of nitriles is 1. The molecule has 2 amide bonds. The number of piperidine rings is 1. The van der Waals surface area contributed by atoms with Gasteiger partial charge in [0.05, 0.1) is 23.5 Å². The predicted octanol–water partition coefficient (Wildman–Crippen LogP) is 0.640. The highest BCUT2D eigenvalue weighted by molar-refractivity contribution is 5.95. The first kappa shape index (κ1) is 19.6. The van der Waals surface area contributed by atoms with E-state index in [-0.39, 0.29) is 18.4 Å². The average molecular weight is 380 g/mol. The first-order chi connectivity index (χ1) is 13.4. The summed E-state index contributed by atoms with van der Waals surface area (Å²) in [5.41, 5.74) is 13.1. The van der Waals surface area contributed by atoms with Crippen LogP contribution in [0.4, 0.5) is 5.69 Å². The van der Waals surface area contributed by atoms with Gasteiger partial charge in [-0.1, -0.05) is 6.92 Å². The Morgan fingerprint density at radius 1 is 1.39 bits per heavy atom. The standard InChI is InChI=1S/C20H24N6O2/c1-12-7-14(25-20(28)16(22)8-18(23)27)11-26(10-12)17-5-4-13(9-21)19-15(17)3-2-6-24-19/h2-6,12,14,16H,7-8,10-11,22H2,1H3,(H2,23,27)(H,25,28)/t12-,14+,16?/m0/s1. The second-order valence-electron chi connectivity index (χ2n) is 7.37. The molecular weight excluding hydrogens is 356 g/mol. The number of anilines is 1. The normalized spacial score (nSPS) is 20.4. The molecule has 1 aromatic carbocycles. The largest absolute Gasteiger partial charge is 0.370 e. The summed E-state index contributed by atoms with van der Waals surface area (Å²) < 4.78 is 0. The number of primary amides is 1. The number of nitrogens with two attached hydrogens (primary N) is 2. The minimum Gasteiger partial charge on any atom is -0.370 e. The molecule has 0 aliphatic carbocycles. The van der Waals surface area contributed by atoms with E-state index >= 15 is 0 Å². The van der Waals surface area contributed by atoms with E-state index in [1.165, 1.54) is 0 Å². The van der Waals surface area contributed by atoms with E-state index in [2.05, 4.69) is 28.2 Å². The van der Waals surface area contributed by atoms with Crippen LogP contribution in [0.5, 0.6) is 0 Å². The van der Waals surface area contributed by atoms with Crippen molar-refractivity contribution < 1.29 is 9.59 Å². The molecular formula is C20H24N6O2. The van der Waals surface area contributed by atoms with Gasteiger partial charge in [0.25, 0.3) is 0 Å². The van der Waals surface area contributed by atoms with Crippen LogP contribution in [0.15, 0.2) is 30.5 Å². The van der Waals surface area contributed by atoms with Crippen molar-refractivity contribution in [2.45, 2.75) is 31.8 Å². The summed E-state index contributed by atoms with van der Waals surface area (Å²) in [5, 5.41) is 13.2. The monoisotopic (exact) mass is 380 g/mol. The summed E-state index contributed by atoms with van der Waals surface area (Å²) in [6.07, 6.45) is 2.32. The zero-order valence-electron chi connectivity index (χ0n) is 15.8. The van der Waals surface area contributed by atoms with Gasteiger partial charge < -0.3 is 21.7 Å². The third kappa shape index (κ3) is 4.21. The maximum Gasteiger partial charge on any atom is 0.237 e. The van der Waals surface area contributed by atoms with E-state index in [0.717, 1.165) is 24.0 Å². The molecule has 8 heteroatoms. The van der Waals surface area contributed by atoms with E-state index in [0.29, 0.717) is 23.5 Å². The molecule has 0 saturated carbocycles. The van der Waals surface area contributed by atoms with Gasteiger partial charge in [0.15, 0.2) is 0 Å². The van der Waals surface area contributed by atoms with Gasteiger partial charge in [-0.05, 0) is 36.6 Å². The van der Waals surface area contributed by atoms with Crippen LogP contribution in [0.3, 0.4) is 0 Å². The topological polar surface area (TPSA) is 138 Å². The molecule has 2 aromatic rings. The molecule has 5 N–H and O–H groups in total. The van der Waals surface area contributed by atoms with Gasteiger partial charge in [-0.15, -0.1) is 0 Å². The average Bonchev–Trinajstić information content (AvgIpc) is 2.66. The van der Waals surface area contributed by atoms with Crippen molar-refractivity contribution in [1.29, 1.82) is 5.26 Å². The maximum atomic E-state index is 12.3. The van der Waals surface area contributed by atoms with Crippen molar-refractivity contribution in [1.82, 2.24) is 10.3 Å². The molecule has 1 aliphatic rings. The lowest BCUT2D eigenvalue weighted by atomic mass is 9.94. The van der Waals surface area contributed by atoms with Crippen LogP contribution in [-0.4, -0.2) is 42.0 Å². The number of fused-ring (bicyclic) bond motifs is 1. The van der Waals surface area contributed by atoms with Crippen molar-refractivity contribution in [3.05, 3.63) is 36.0 Å². The van der Waals surface area contributed by atoms with Crippen molar-refractivity contribution in [3.63, 3.8) is 0 Å². The van der Waals surface area contributed by atoms with Gasteiger partial charge in [-0.25, -0.2) is 0 Å². The second-order valence-corrected chi connectivity index (χ2v) is 7.37. The fraction of sp³-hybridized carbons (Fsp3) is 0.400. The number of hydrogen-bond acceptors (Lipinski definition) is 6. The zero-order valence-corrected chi connectivity index (χ0v) is 15.8. The Morgan fingerprint density at radius 2 is 2.18 bits per heavy atom. The third-order valence-corrected chi connectivity index (χ3v) is 4.97. The molecule has 3 atom stereocenters. The Hall–Kier alpha value is -3.18. The summed E-state index contributed by atoms with van der Waals surface area (Å²) in [7, 11) is 0. The van der Waals surface area contributed by atoms with Crippen LogP contribution in [0.25, 0.3) is 10.9 Å². The summed E-state index contributed by atoms with van der Waals surface area (Å²) in [4.78, 5) is 29.8. The van der Waals surface area contributed by atoms with E-state index in [1.54, 1.807) is 12.3 Å². The highest BCUT2D eigenvalue weighted by atomic mass is 16.2. The fourth-order valence-corrected chi connectivity index (χ4v) is 3.79. The Kier molecular flexibility index (Phi) is 5.76. The van der Waals surface area contributed by atoms with E-state index in [4.69, 9.17) is 11.5 Å². The Morgan fingerprint density at radius 3 is 2.89 bits per heavy atom. The summed E-state index contributed by atoms with van der Waals surface area (Å²) in [5.74, 6) is -0.629. The molecule has 3 rings (SSSR count). The van der Waals surface area contributed by atoms with Gasteiger partial charge in [-0.2, -0.15) is 5.26 Å². The molecule has 1 aromatic heterocycles. The Bertz CT molecular complexity index is 938. The smallest absolute Gasteiger partial charge is 0.237 e. The highest BCUT2D eigenvalue weighted by Gasteiger charge is 2.28. The van der Waals surface area contributed by atoms with Crippen LogP contribution < -0.4 is 21.7 Å². The fourth-order valence-electron chi connectivity index (χ4n) is 3.79. The van der Waals surface area contributed by atoms with Gasteiger partial charge in [0, 0.05) is 36.4 Å². The molecule has 1 unspecified atom stereocenters. The molecule has 8 nitrogen and oxygen atoms in total. The van der Waals surface area contributed by atoms with Crippen LogP contribution in [0.2, 0.25) is 0 Å². The van der Waals surface area contributed by atoms with Gasteiger partial charge in [-0.3, -0.25) is 14.6 Å². The molecule has 0 bridgehead atoms. The van der Waals surface area contributed by atoms with Crippen LogP contribution in [0.1, 0.15) is 25.3 Å². The van der Waals surface area contributed by atoms with Gasteiger partial charge in [0.1, 0.15) is 6.07 Å². The van der Waals surface area contributed by atoms with Gasteiger partial charge >= 0.3 is 0 Å². The Labute approximate surface area is 163 Å². The first-order valence-electron chi connectivity index (χ1n) is 9.26. The SMILES string of the molecule is C[C@H]1C[C@@H](NC(=O)C(N)CC(N)=O)CN(c2ccc(C#N)c3ncccc23)C1. The second kappa shape index (κ2) is 8.23. The minimum absolute atomic E-state index is 0.0995. The summed E-state index contributed by atoms with van der Waals surface area (Å²) in [6, 6.07) is 8.65. The number of nitrogens with one attached hydrogen (secondary N) is 1. The molecule has 1 saturated heterocycles. The van der Waals surface area contributed by atoms with Crippen molar-refractivity contribution in [2.24, 2.45) is 17.4 Å². The quantitative estimate of drug-likeness (QED) is 0.696. The van der Waals surface area contributed by atoms with Crippen molar-refractivity contribution in [2.75, 3.05) is 18.0 Å². The van der Waals surface area contributed by atoms with Gasteiger partial charge in [0.2, 0.25) is 11.8 Å². The first-order valence-corrected chi connectivity index (χ1v) is 9.26. The van der Waals surface area contributed by atoms with E-state index in [1.807, 2.05) is 18.2 Å². The number of rotatable bonds is 5. The molecule has 146 valence electrons. The third-order valence-electron chi connectivity index (χ3n) is 4.97. The lowest BCUT2D eigenvalue weighted by molar-refractivity contribution is -0.126. The summed E-state index contributed by atoms with van der Waals surface area (Å²) in [6.45, 7) is 3.56. The maximum absolute atomic E-state index is 12.3. The van der Waals surface area contributed by atoms with E-state index < -0.39 is 11.9 Å². The lowest BCUT2D eigenvalue weighted by Gasteiger charge is -2.39. The molecule has 1 aliphatic heterocycles. The number of pyridine rings is 1. The summed E-state index contributed by atoms with van der Waals surface area (Å²) >= 11 is 0. The molecule has 0 spiro atoms. The lowest BCUT2D eigenvalue weighted by Crippen LogP contribution is -2.54. The minimum atomic E-state index is -0.942. The molecule has 0 radical (unpaired) electrons. The Balaban J connectivity index is 1.82. The van der Waals surface area contributed by atoms with Crippen LogP contribution in [0, 0.1) is 17.2 Å². The van der Waals surface area contributed by atoms with Crippen LogP contribution in [-0.2, 0) is 9.59 Å². The van der Waals surface area contributed by atoms with Crippen LogP contribution >= 0.6 is 0 Å². The number of carbonyl (C=O) groups is 2. The number of hydrogen-bond donors (Lipinski definition) is 3. The molecule has 1 fully saturated rings. The number of amides is 2. The van der Waals surface area contributed by atoms with Crippen molar-refractivity contribution in [3.8, 4) is 6.07 Å². The zero-order chi connectivity index (χ0) is 20.3.